The Balaban J connectivity index is 1.55. The Bertz CT molecular complexity index is 1290. The zero-order chi connectivity index (χ0) is 24.0. The monoisotopic (exact) mass is 470 g/mol. The molecule has 4 heterocycles. The van der Waals surface area contributed by atoms with Crippen LogP contribution in [-0.2, 0) is 9.53 Å². The van der Waals surface area contributed by atoms with Gasteiger partial charge >= 0.3 is 0 Å². The smallest absolute Gasteiger partial charge is 0.248 e. The Labute approximate surface area is 202 Å². The molecular weight excluding hydrogens is 446 g/mol. The maximum atomic E-state index is 12.9. The third kappa shape index (κ3) is 5.37. The van der Waals surface area contributed by atoms with E-state index in [1.165, 1.54) is 18.6 Å². The number of benzene rings is 1. The number of amides is 1. The lowest BCUT2D eigenvalue weighted by Crippen LogP contribution is -2.24. The number of nitrogens with zero attached hydrogens (tertiary/aromatic N) is 4. The van der Waals surface area contributed by atoms with E-state index in [1.54, 1.807) is 18.2 Å². The molecular formula is C25H24N7O3. The number of aromatic nitrogens is 3. The number of carbonyl (C=O) groups is 1. The van der Waals surface area contributed by atoms with Crippen LogP contribution in [0.15, 0.2) is 42.4 Å². The maximum absolute atomic E-state index is 12.9. The van der Waals surface area contributed by atoms with Crippen LogP contribution in [-0.4, -0.2) is 53.3 Å². The highest BCUT2D eigenvalue weighted by Gasteiger charge is 2.21. The fourth-order valence-electron chi connectivity index (χ4n) is 4.11. The van der Waals surface area contributed by atoms with Gasteiger partial charge in [-0.1, -0.05) is 5.57 Å². The first-order valence-electron chi connectivity index (χ1n) is 11.5. The van der Waals surface area contributed by atoms with Crippen molar-refractivity contribution in [1.29, 1.82) is 5.26 Å². The summed E-state index contributed by atoms with van der Waals surface area (Å²) in [6.45, 7) is 2.84. The van der Waals surface area contributed by atoms with Gasteiger partial charge in [0.1, 0.15) is 17.9 Å². The lowest BCUT2D eigenvalue weighted by Gasteiger charge is -2.19. The van der Waals surface area contributed by atoms with Crippen molar-refractivity contribution in [3.63, 3.8) is 0 Å². The number of anilines is 3. The SMILES string of the molecule is N#Cc1cnc2cc(OC3CCOC3)c(NC(=O)C=C3CCNCC3)cc2c1Nc1nc[c]cn1. The van der Waals surface area contributed by atoms with E-state index in [9.17, 15) is 10.1 Å². The van der Waals surface area contributed by atoms with E-state index in [0.29, 0.717) is 52.8 Å². The second-order valence-corrected chi connectivity index (χ2v) is 8.30. The average Bonchev–Trinajstić information content (AvgIpc) is 3.39. The Kier molecular flexibility index (Phi) is 6.79. The van der Waals surface area contributed by atoms with Crippen molar-refractivity contribution in [2.24, 2.45) is 0 Å². The van der Waals surface area contributed by atoms with Crippen molar-refractivity contribution >= 4 is 34.1 Å². The van der Waals surface area contributed by atoms with Gasteiger partial charge in [-0.15, -0.1) is 0 Å². The molecule has 1 atom stereocenters. The number of nitrogens with one attached hydrogen (secondary N) is 3. The van der Waals surface area contributed by atoms with Gasteiger partial charge < -0.3 is 25.4 Å². The van der Waals surface area contributed by atoms with Crippen molar-refractivity contribution in [2.75, 3.05) is 36.9 Å². The standard InChI is InChI=1S/C25H24N7O3/c26-13-17-14-30-20-12-22(35-18-4-9-34-15-18)21(31-23(33)10-16-2-7-27-8-3-16)11-19(20)24(17)32-25-28-5-1-6-29-25/h5-6,10-12,14,18,27H,2-4,7-9,15H2,(H,31,33)(H,28,29,30,32). The summed E-state index contributed by atoms with van der Waals surface area (Å²) in [6.07, 6.45) is 8.44. The van der Waals surface area contributed by atoms with Crippen LogP contribution in [0.4, 0.5) is 17.3 Å². The van der Waals surface area contributed by atoms with Gasteiger partial charge in [-0.3, -0.25) is 9.78 Å². The normalized spacial score (nSPS) is 17.6. The molecule has 2 aliphatic heterocycles. The van der Waals surface area contributed by atoms with Gasteiger partial charge in [-0.2, -0.15) is 5.26 Å². The molecule has 2 fully saturated rings. The van der Waals surface area contributed by atoms with Gasteiger partial charge in [-0.05, 0) is 32.0 Å². The molecule has 0 bridgehead atoms. The molecule has 10 nitrogen and oxygen atoms in total. The summed E-state index contributed by atoms with van der Waals surface area (Å²) in [5, 5.41) is 19.7. The number of hydrogen-bond donors (Lipinski definition) is 3. The summed E-state index contributed by atoms with van der Waals surface area (Å²) in [5.41, 5.74) is 3.00. The summed E-state index contributed by atoms with van der Waals surface area (Å²) in [6, 6.07) is 8.46. The van der Waals surface area contributed by atoms with Gasteiger partial charge in [0, 0.05) is 48.6 Å². The van der Waals surface area contributed by atoms with E-state index in [-0.39, 0.29) is 12.0 Å². The van der Waals surface area contributed by atoms with Gasteiger partial charge in [0.05, 0.1) is 35.7 Å². The molecule has 2 saturated heterocycles. The van der Waals surface area contributed by atoms with Crippen molar-refractivity contribution in [2.45, 2.75) is 25.4 Å². The molecule has 35 heavy (non-hydrogen) atoms. The van der Waals surface area contributed by atoms with E-state index < -0.39 is 0 Å². The molecule has 0 saturated carbocycles. The predicted octanol–water partition coefficient (Wildman–Crippen LogP) is 2.86. The second-order valence-electron chi connectivity index (χ2n) is 8.30. The number of fused-ring (bicyclic) bond motifs is 1. The number of ether oxygens (including phenoxy) is 2. The molecule has 1 amide bonds. The molecule has 0 aliphatic carbocycles. The van der Waals surface area contributed by atoms with Crippen LogP contribution >= 0.6 is 0 Å². The first-order valence-corrected chi connectivity index (χ1v) is 11.5. The highest BCUT2D eigenvalue weighted by atomic mass is 16.5. The van der Waals surface area contributed by atoms with Gasteiger partial charge in [0.15, 0.2) is 0 Å². The van der Waals surface area contributed by atoms with Crippen LogP contribution in [0.5, 0.6) is 5.75 Å². The molecule has 2 aromatic heterocycles. The first kappa shape index (κ1) is 22.7. The number of rotatable bonds is 6. The fraction of sp³-hybridized carbons (Fsp3) is 0.320. The van der Waals surface area contributed by atoms with E-state index in [2.05, 4.69) is 43.0 Å². The summed E-state index contributed by atoms with van der Waals surface area (Å²) < 4.78 is 11.6. The molecule has 3 N–H and O–H groups in total. The summed E-state index contributed by atoms with van der Waals surface area (Å²) in [4.78, 5) is 25.7. The van der Waals surface area contributed by atoms with Crippen LogP contribution in [0.25, 0.3) is 10.9 Å². The van der Waals surface area contributed by atoms with E-state index >= 15 is 0 Å². The van der Waals surface area contributed by atoms with Gasteiger partial charge in [0.2, 0.25) is 11.9 Å². The van der Waals surface area contributed by atoms with Crippen LogP contribution < -0.4 is 20.7 Å². The Hall–Kier alpha value is -4.07. The predicted molar refractivity (Wildman–Crippen MR) is 129 cm³/mol. The topological polar surface area (TPSA) is 134 Å². The second kappa shape index (κ2) is 10.5. The van der Waals surface area contributed by atoms with Crippen LogP contribution in [0.1, 0.15) is 24.8 Å². The van der Waals surface area contributed by atoms with Crippen molar-refractivity contribution < 1.29 is 14.3 Å². The summed E-state index contributed by atoms with van der Waals surface area (Å²) in [7, 11) is 0. The van der Waals surface area contributed by atoms with E-state index in [1.807, 2.05) is 0 Å². The minimum Gasteiger partial charge on any atom is -0.486 e. The molecule has 2 aliphatic rings. The quantitative estimate of drug-likeness (QED) is 0.465. The zero-order valence-electron chi connectivity index (χ0n) is 19.0. The highest BCUT2D eigenvalue weighted by molar-refractivity contribution is 6.05. The summed E-state index contributed by atoms with van der Waals surface area (Å²) in [5.74, 6) is 0.589. The third-order valence-electron chi connectivity index (χ3n) is 5.87. The minimum atomic E-state index is -0.227. The maximum Gasteiger partial charge on any atom is 0.248 e. The number of pyridine rings is 1. The van der Waals surface area contributed by atoms with Crippen LogP contribution in [0.3, 0.4) is 0 Å². The van der Waals surface area contributed by atoms with E-state index in [4.69, 9.17) is 9.47 Å². The molecule has 177 valence electrons. The third-order valence-corrected chi connectivity index (χ3v) is 5.87. The summed E-state index contributed by atoms with van der Waals surface area (Å²) >= 11 is 0. The molecule has 5 rings (SSSR count). The number of piperidine rings is 1. The number of nitriles is 1. The Morgan fingerprint density at radius 3 is 2.83 bits per heavy atom. The molecule has 1 radical (unpaired) electrons. The first-order chi connectivity index (χ1) is 17.2. The van der Waals surface area contributed by atoms with Crippen LogP contribution in [0.2, 0.25) is 0 Å². The lowest BCUT2D eigenvalue weighted by molar-refractivity contribution is -0.112. The molecule has 10 heteroatoms. The number of carbonyl (C=O) groups excluding carboxylic acids is 1. The van der Waals surface area contributed by atoms with Gasteiger partial charge in [0.25, 0.3) is 0 Å². The van der Waals surface area contributed by atoms with Gasteiger partial charge in [-0.25, -0.2) is 9.97 Å². The minimum absolute atomic E-state index is 0.115. The molecule has 1 unspecified atom stereocenters. The Morgan fingerprint density at radius 1 is 1.26 bits per heavy atom. The largest absolute Gasteiger partial charge is 0.486 e. The number of hydrogen-bond acceptors (Lipinski definition) is 9. The molecule has 3 aromatic rings. The molecule has 0 spiro atoms. The van der Waals surface area contributed by atoms with Crippen molar-refractivity contribution in [3.05, 3.63) is 54.0 Å². The lowest BCUT2D eigenvalue weighted by atomic mass is 10.1. The van der Waals surface area contributed by atoms with Crippen LogP contribution in [0, 0.1) is 17.4 Å². The van der Waals surface area contributed by atoms with Crippen molar-refractivity contribution in [3.8, 4) is 11.8 Å². The zero-order valence-corrected chi connectivity index (χ0v) is 19.0. The Morgan fingerprint density at radius 2 is 2.09 bits per heavy atom. The fourth-order valence-corrected chi connectivity index (χ4v) is 4.11. The van der Waals surface area contributed by atoms with Crippen molar-refractivity contribution in [1.82, 2.24) is 20.3 Å². The highest BCUT2D eigenvalue weighted by Crippen LogP contribution is 2.36. The average molecular weight is 471 g/mol. The van der Waals surface area contributed by atoms with E-state index in [0.717, 1.165) is 37.9 Å². The molecule has 1 aromatic carbocycles.